The third-order valence-electron chi connectivity index (χ3n) is 15.6. The Morgan fingerprint density at radius 1 is 0.659 bits per heavy atom. The Morgan fingerprint density at radius 3 is 1.83 bits per heavy atom. The van der Waals surface area contributed by atoms with Crippen LogP contribution in [0.2, 0.25) is 0 Å². The van der Waals surface area contributed by atoms with Crippen molar-refractivity contribution < 1.29 is 25.5 Å². The zero-order valence-electron chi connectivity index (χ0n) is 27.6. The first-order valence-electron chi connectivity index (χ1n) is 17.3. The Labute approximate surface area is 250 Å². The van der Waals surface area contributed by atoms with Crippen LogP contribution in [0.15, 0.2) is 0 Å². The van der Waals surface area contributed by atoms with E-state index in [1.54, 1.807) is 0 Å². The molecule has 0 heterocycles. The van der Waals surface area contributed by atoms with Crippen molar-refractivity contribution in [1.82, 2.24) is 0 Å². The summed E-state index contributed by atoms with van der Waals surface area (Å²) >= 11 is 0. The van der Waals surface area contributed by atoms with Crippen LogP contribution in [0.4, 0.5) is 0 Å². The summed E-state index contributed by atoms with van der Waals surface area (Å²) in [5.41, 5.74) is 1.94. The summed E-state index contributed by atoms with van der Waals surface area (Å²) < 4.78 is 0. The lowest BCUT2D eigenvalue weighted by molar-refractivity contribution is -0.245. The fraction of sp³-hybridized carbons (Fsp3) is 1.00. The van der Waals surface area contributed by atoms with E-state index in [0.717, 1.165) is 23.7 Å². The maximum atomic E-state index is 10.8. The monoisotopic (exact) mass is 576 g/mol. The van der Waals surface area contributed by atoms with Crippen molar-refractivity contribution in [1.29, 1.82) is 0 Å². The normalized spacial score (nSPS) is 50.9. The van der Waals surface area contributed by atoms with Gasteiger partial charge in [0.1, 0.15) is 18.3 Å². The van der Waals surface area contributed by atoms with Gasteiger partial charge in [0.2, 0.25) is 0 Å². The van der Waals surface area contributed by atoms with E-state index in [-0.39, 0.29) is 5.92 Å². The van der Waals surface area contributed by atoms with Crippen molar-refractivity contribution in [2.24, 2.45) is 68.5 Å². The Hall–Kier alpha value is -0.200. The molecule has 0 aromatic rings. The van der Waals surface area contributed by atoms with E-state index < -0.39 is 31.0 Å². The summed E-state index contributed by atoms with van der Waals surface area (Å²) in [6, 6.07) is 0. The van der Waals surface area contributed by atoms with Gasteiger partial charge >= 0.3 is 0 Å². The van der Waals surface area contributed by atoms with E-state index >= 15 is 0 Å². The topological polar surface area (TPSA) is 101 Å². The molecule has 5 N–H and O–H groups in total. The highest BCUT2D eigenvalue weighted by Gasteiger charge is 2.70. The largest absolute Gasteiger partial charge is 0.394 e. The predicted octanol–water partition coefficient (Wildman–Crippen LogP) is 6.19. The maximum Gasteiger partial charge on any atom is 0.110 e. The van der Waals surface area contributed by atoms with E-state index in [2.05, 4.69) is 55.4 Å². The Kier molecular flexibility index (Phi) is 8.41. The minimum Gasteiger partial charge on any atom is -0.394 e. The van der Waals surface area contributed by atoms with Gasteiger partial charge in [0.15, 0.2) is 0 Å². The van der Waals surface area contributed by atoms with E-state index in [9.17, 15) is 20.4 Å². The van der Waals surface area contributed by atoms with Crippen LogP contribution < -0.4 is 0 Å². The molecule has 41 heavy (non-hydrogen) atoms. The fourth-order valence-corrected chi connectivity index (χ4v) is 14.0. The second-order valence-electron chi connectivity index (χ2n) is 18.0. The van der Waals surface area contributed by atoms with Crippen molar-refractivity contribution >= 4 is 0 Å². The zero-order valence-corrected chi connectivity index (χ0v) is 27.6. The summed E-state index contributed by atoms with van der Waals surface area (Å²) in [7, 11) is 0. The zero-order chi connectivity index (χ0) is 30.3. The van der Waals surface area contributed by atoms with Gasteiger partial charge in [-0.25, -0.2) is 0 Å². The van der Waals surface area contributed by atoms with Crippen LogP contribution in [0.5, 0.6) is 0 Å². The minimum atomic E-state index is -1.54. The lowest BCUT2D eigenvalue weighted by atomic mass is 9.31. The molecule has 238 valence electrons. The number of hydrogen-bond acceptors (Lipinski definition) is 5. The SMILES string of the molecule is CC(C[C@H](O)[C@@H](O)[C@@H](O)[C@H](O)CO)[C@H]1CC[C@@]2(C)C1CC[C@]1(C)C2CCC2[C@@]3(C)C[C@H](C)CC(C)(C)C3CC[C@]21C. The van der Waals surface area contributed by atoms with Crippen LogP contribution in [-0.2, 0) is 0 Å². The molecule has 5 nitrogen and oxygen atoms in total. The number of rotatable bonds is 7. The molecule has 5 fully saturated rings. The van der Waals surface area contributed by atoms with Gasteiger partial charge in [0, 0.05) is 0 Å². The van der Waals surface area contributed by atoms with Gasteiger partial charge in [-0.15, -0.1) is 0 Å². The summed E-state index contributed by atoms with van der Waals surface area (Å²) in [6.07, 6.45) is 8.12. The molecule has 5 aliphatic carbocycles. The lowest BCUT2D eigenvalue weighted by Crippen LogP contribution is -2.66. The van der Waals surface area contributed by atoms with Crippen molar-refractivity contribution in [3.05, 3.63) is 0 Å². The van der Waals surface area contributed by atoms with Crippen LogP contribution in [0.25, 0.3) is 0 Å². The van der Waals surface area contributed by atoms with Gasteiger partial charge in [0.25, 0.3) is 0 Å². The van der Waals surface area contributed by atoms with Crippen LogP contribution in [0, 0.1) is 68.5 Å². The summed E-state index contributed by atoms with van der Waals surface area (Å²) in [6.45, 7) is 20.0. The summed E-state index contributed by atoms with van der Waals surface area (Å²) in [5, 5.41) is 50.3. The molecular formula is C36H64O5. The first kappa shape index (κ1) is 32.2. The van der Waals surface area contributed by atoms with Crippen LogP contribution >= 0.6 is 0 Å². The average molecular weight is 577 g/mol. The molecule has 5 aliphatic rings. The molecule has 0 aliphatic heterocycles. The van der Waals surface area contributed by atoms with E-state index in [1.807, 2.05) is 0 Å². The Balaban J connectivity index is 1.35. The number of aliphatic hydroxyl groups is 5. The smallest absolute Gasteiger partial charge is 0.110 e. The second kappa shape index (κ2) is 10.7. The molecule has 0 aromatic carbocycles. The Morgan fingerprint density at radius 2 is 1.22 bits per heavy atom. The minimum absolute atomic E-state index is 0.224. The fourth-order valence-electron chi connectivity index (χ4n) is 14.0. The molecule has 0 amide bonds. The van der Waals surface area contributed by atoms with Crippen LogP contribution in [0.3, 0.4) is 0 Å². The molecule has 0 radical (unpaired) electrons. The average Bonchev–Trinajstić information content (AvgIpc) is 3.23. The summed E-state index contributed by atoms with van der Waals surface area (Å²) in [4.78, 5) is 0. The molecule has 5 saturated carbocycles. The first-order valence-corrected chi connectivity index (χ1v) is 17.3. The lowest BCUT2D eigenvalue weighted by Gasteiger charge is -2.73. The van der Waals surface area contributed by atoms with Crippen molar-refractivity contribution in [3.63, 3.8) is 0 Å². The highest BCUT2D eigenvalue weighted by atomic mass is 16.4. The van der Waals surface area contributed by atoms with Crippen molar-refractivity contribution in [2.45, 2.75) is 150 Å². The molecule has 15 atom stereocenters. The third-order valence-corrected chi connectivity index (χ3v) is 15.6. The molecule has 5 rings (SSSR count). The van der Waals surface area contributed by atoms with Crippen molar-refractivity contribution in [3.8, 4) is 0 Å². The number of aliphatic hydroxyl groups excluding tert-OH is 5. The van der Waals surface area contributed by atoms with Gasteiger partial charge < -0.3 is 25.5 Å². The highest BCUT2D eigenvalue weighted by Crippen LogP contribution is 2.78. The third kappa shape index (κ3) is 4.72. The van der Waals surface area contributed by atoms with Crippen molar-refractivity contribution in [2.75, 3.05) is 6.61 Å². The summed E-state index contributed by atoms with van der Waals surface area (Å²) in [5.74, 6) is 4.56. The van der Waals surface area contributed by atoms with Gasteiger partial charge in [-0.2, -0.15) is 0 Å². The van der Waals surface area contributed by atoms with E-state index in [4.69, 9.17) is 5.11 Å². The highest BCUT2D eigenvalue weighted by molar-refractivity contribution is 5.19. The number of hydrogen-bond donors (Lipinski definition) is 5. The van der Waals surface area contributed by atoms with E-state index in [0.29, 0.717) is 45.3 Å². The Bertz CT molecular complexity index is 952. The number of fused-ring (bicyclic) bond motifs is 7. The quantitative estimate of drug-likeness (QED) is 0.249. The van der Waals surface area contributed by atoms with E-state index in [1.165, 1.54) is 64.2 Å². The first-order chi connectivity index (χ1) is 19.0. The molecule has 5 unspecified atom stereocenters. The van der Waals surface area contributed by atoms with Gasteiger partial charge in [-0.1, -0.05) is 55.4 Å². The molecule has 5 heteroatoms. The standard InChI is InChI=1S/C36H64O5/c1-21-18-32(3,4)27-13-16-36(8)29(34(27,6)19-21)10-9-28-33(5)14-11-23(24(33)12-15-35(28,36)7)22(2)17-25(38)30(40)31(41)26(39)20-37/h21-31,37-41H,9-20H2,1-8H3/t21-,22?,23-,24?,25+,26-,27?,28?,29?,30-,31+,33+,34+,35-,36-/m1/s1. The molecule has 0 aromatic heterocycles. The van der Waals surface area contributed by atoms with Crippen LogP contribution in [-0.4, -0.2) is 56.6 Å². The molecule has 0 saturated heterocycles. The molecular weight excluding hydrogens is 512 g/mol. The molecule has 0 spiro atoms. The van der Waals surface area contributed by atoms with Gasteiger partial charge in [-0.3, -0.25) is 0 Å². The molecule has 0 bridgehead atoms. The predicted molar refractivity (Wildman–Crippen MR) is 164 cm³/mol. The second-order valence-corrected chi connectivity index (χ2v) is 18.0. The van der Waals surface area contributed by atoms with Gasteiger partial charge in [0.05, 0.1) is 12.7 Å². The van der Waals surface area contributed by atoms with Gasteiger partial charge in [-0.05, 0) is 139 Å². The maximum absolute atomic E-state index is 10.8. The van der Waals surface area contributed by atoms with Crippen LogP contribution in [0.1, 0.15) is 126 Å².